The molecule has 2 aliphatic heterocycles. The van der Waals surface area contributed by atoms with Crippen molar-refractivity contribution in [3.63, 3.8) is 0 Å². The Bertz CT molecular complexity index is 1070. The number of hydrogen-bond acceptors (Lipinski definition) is 6. The van der Waals surface area contributed by atoms with Gasteiger partial charge in [-0.25, -0.2) is 4.98 Å². The molecule has 0 radical (unpaired) electrons. The molecular formula is C21H25N5O4. The molecule has 9 nitrogen and oxygen atoms in total. The Morgan fingerprint density at radius 3 is 2.90 bits per heavy atom. The van der Waals surface area contributed by atoms with Gasteiger partial charge in [-0.15, -0.1) is 0 Å². The molecule has 30 heavy (non-hydrogen) atoms. The molecule has 0 spiro atoms. The minimum absolute atomic E-state index is 0.158. The fraction of sp³-hybridized carbons (Fsp3) is 0.476. The minimum atomic E-state index is -0.604. The molecule has 2 atom stereocenters. The van der Waals surface area contributed by atoms with Gasteiger partial charge in [0, 0.05) is 42.9 Å². The number of rotatable bonds is 5. The molecule has 2 aliphatic rings. The van der Waals surface area contributed by atoms with Gasteiger partial charge in [0.1, 0.15) is 17.4 Å². The molecule has 5 heterocycles. The van der Waals surface area contributed by atoms with E-state index in [2.05, 4.69) is 15.4 Å². The number of carbonyl (C=O) groups excluding carboxylic acids is 1. The number of ether oxygens (including phenoxy) is 3. The molecule has 0 unspecified atom stereocenters. The highest BCUT2D eigenvalue weighted by Gasteiger charge is 2.32. The van der Waals surface area contributed by atoms with Gasteiger partial charge >= 0.3 is 0 Å². The van der Waals surface area contributed by atoms with Crippen LogP contribution in [0.5, 0.6) is 0 Å². The second-order valence-electron chi connectivity index (χ2n) is 8.20. The zero-order valence-corrected chi connectivity index (χ0v) is 17.1. The molecular weight excluding hydrogens is 386 g/mol. The van der Waals surface area contributed by atoms with E-state index < -0.39 is 5.79 Å². The van der Waals surface area contributed by atoms with Gasteiger partial charge in [-0.3, -0.25) is 9.48 Å². The summed E-state index contributed by atoms with van der Waals surface area (Å²) in [5.41, 5.74) is 3.10. The van der Waals surface area contributed by atoms with Gasteiger partial charge in [-0.2, -0.15) is 5.10 Å². The van der Waals surface area contributed by atoms with Crippen LogP contribution in [0.1, 0.15) is 36.8 Å². The van der Waals surface area contributed by atoms with E-state index in [4.69, 9.17) is 14.2 Å². The highest BCUT2D eigenvalue weighted by atomic mass is 16.7. The maximum absolute atomic E-state index is 12.5. The predicted molar refractivity (Wildman–Crippen MR) is 108 cm³/mol. The summed E-state index contributed by atoms with van der Waals surface area (Å²) in [6.07, 6.45) is 8.41. The molecule has 2 saturated heterocycles. The third kappa shape index (κ3) is 3.83. The number of nitrogens with one attached hydrogen (secondary N) is 1. The first-order valence-electron chi connectivity index (χ1n) is 10.2. The van der Waals surface area contributed by atoms with E-state index in [1.807, 2.05) is 53.7 Å². The quantitative estimate of drug-likeness (QED) is 0.691. The van der Waals surface area contributed by atoms with Gasteiger partial charge in [0.15, 0.2) is 5.79 Å². The summed E-state index contributed by atoms with van der Waals surface area (Å²) in [4.78, 5) is 17.0. The third-order valence-electron chi connectivity index (χ3n) is 5.46. The van der Waals surface area contributed by atoms with Gasteiger partial charge in [-0.05, 0) is 32.4 Å². The summed E-state index contributed by atoms with van der Waals surface area (Å²) in [5, 5.41) is 7.36. The number of imidazole rings is 1. The van der Waals surface area contributed by atoms with Crippen molar-refractivity contribution in [1.29, 1.82) is 0 Å². The average Bonchev–Trinajstić information content (AvgIpc) is 3.50. The Morgan fingerprint density at radius 2 is 2.13 bits per heavy atom. The Morgan fingerprint density at radius 1 is 1.23 bits per heavy atom. The van der Waals surface area contributed by atoms with E-state index in [1.54, 1.807) is 6.20 Å². The molecule has 0 bridgehead atoms. The topological polar surface area (TPSA) is 91.9 Å². The molecule has 0 aromatic carbocycles. The zero-order valence-electron chi connectivity index (χ0n) is 17.1. The number of amides is 1. The number of aromatic nitrogens is 4. The van der Waals surface area contributed by atoms with Gasteiger partial charge in [-0.1, -0.05) is 0 Å². The van der Waals surface area contributed by atoms with E-state index in [1.165, 1.54) is 0 Å². The van der Waals surface area contributed by atoms with Crippen molar-refractivity contribution in [3.05, 3.63) is 42.6 Å². The molecule has 2 fully saturated rings. The lowest BCUT2D eigenvalue weighted by Crippen LogP contribution is -2.34. The Hall–Kier alpha value is -2.75. The van der Waals surface area contributed by atoms with E-state index >= 15 is 0 Å². The van der Waals surface area contributed by atoms with Crippen molar-refractivity contribution >= 4 is 11.6 Å². The van der Waals surface area contributed by atoms with Crippen LogP contribution in [0.2, 0.25) is 0 Å². The maximum atomic E-state index is 12.5. The summed E-state index contributed by atoms with van der Waals surface area (Å²) in [6, 6.07) is 4.19. The molecule has 1 N–H and O–H groups in total. The number of pyridine rings is 1. The van der Waals surface area contributed by atoms with Gasteiger partial charge in [0.2, 0.25) is 0 Å². The van der Waals surface area contributed by atoms with Crippen LogP contribution in [-0.4, -0.2) is 63.3 Å². The van der Waals surface area contributed by atoms with Crippen molar-refractivity contribution in [2.75, 3.05) is 26.4 Å². The highest BCUT2D eigenvalue weighted by Crippen LogP contribution is 2.24. The van der Waals surface area contributed by atoms with E-state index in [0.29, 0.717) is 37.1 Å². The van der Waals surface area contributed by atoms with E-state index in [0.717, 1.165) is 24.2 Å². The molecule has 3 aromatic heterocycles. The van der Waals surface area contributed by atoms with Gasteiger partial charge < -0.3 is 23.9 Å². The largest absolute Gasteiger partial charge is 0.379 e. The van der Waals surface area contributed by atoms with Crippen molar-refractivity contribution in [2.24, 2.45) is 0 Å². The minimum Gasteiger partial charge on any atom is -0.379 e. The molecule has 158 valence electrons. The van der Waals surface area contributed by atoms with Crippen LogP contribution >= 0.6 is 0 Å². The fourth-order valence-electron chi connectivity index (χ4n) is 3.85. The number of hydrogen-bond donors (Lipinski definition) is 1. The van der Waals surface area contributed by atoms with Crippen molar-refractivity contribution in [3.8, 4) is 11.1 Å². The normalized spacial score (nSPS) is 23.3. The lowest BCUT2D eigenvalue weighted by Gasteiger charge is -2.17. The van der Waals surface area contributed by atoms with Crippen LogP contribution in [0.3, 0.4) is 0 Å². The van der Waals surface area contributed by atoms with Crippen LogP contribution in [0, 0.1) is 0 Å². The third-order valence-corrected chi connectivity index (χ3v) is 5.46. The molecule has 1 amide bonds. The summed E-state index contributed by atoms with van der Waals surface area (Å²) < 4.78 is 20.5. The summed E-state index contributed by atoms with van der Waals surface area (Å²) in [5.74, 6) is -0.837. The molecule has 0 saturated carbocycles. The van der Waals surface area contributed by atoms with Crippen LogP contribution in [-0.2, 0) is 14.2 Å². The molecule has 5 rings (SSSR count). The Labute approximate surface area is 173 Å². The van der Waals surface area contributed by atoms with Gasteiger partial charge in [0.05, 0.1) is 25.5 Å². The first-order chi connectivity index (χ1) is 14.5. The average molecular weight is 411 g/mol. The Balaban J connectivity index is 1.28. The van der Waals surface area contributed by atoms with Crippen molar-refractivity contribution in [2.45, 2.75) is 38.2 Å². The van der Waals surface area contributed by atoms with Crippen LogP contribution in [0.25, 0.3) is 16.8 Å². The molecule has 3 aromatic rings. The van der Waals surface area contributed by atoms with Crippen molar-refractivity contribution in [1.82, 2.24) is 24.5 Å². The van der Waals surface area contributed by atoms with Gasteiger partial charge in [0.25, 0.3) is 5.91 Å². The SMILES string of the molecule is CC1(C)OC[C@H](CNC(=O)c2cn3cc(-c4cnn([C@@H]5CCOC5)c4)ccc3n2)O1. The summed E-state index contributed by atoms with van der Waals surface area (Å²) in [7, 11) is 0. The number of fused-ring (bicyclic) bond motifs is 1. The summed E-state index contributed by atoms with van der Waals surface area (Å²) >= 11 is 0. The first-order valence-corrected chi connectivity index (χ1v) is 10.2. The second-order valence-corrected chi connectivity index (χ2v) is 8.20. The van der Waals surface area contributed by atoms with Crippen molar-refractivity contribution < 1.29 is 19.0 Å². The van der Waals surface area contributed by atoms with E-state index in [-0.39, 0.29) is 12.0 Å². The second kappa shape index (κ2) is 7.50. The fourth-order valence-corrected chi connectivity index (χ4v) is 3.85. The maximum Gasteiger partial charge on any atom is 0.271 e. The lowest BCUT2D eigenvalue weighted by molar-refractivity contribution is -0.137. The van der Waals surface area contributed by atoms with Crippen LogP contribution in [0.15, 0.2) is 36.9 Å². The first kappa shape index (κ1) is 19.2. The number of carbonyl (C=O) groups is 1. The standard InChI is InChI=1S/C21H25N5O4/c1-21(2)29-13-17(30-21)8-22-20(27)18-11-25-9-14(3-4-19(25)24-18)15-7-23-26(10-15)16-5-6-28-12-16/h3-4,7,9-11,16-17H,5-6,8,12-13H2,1-2H3,(H,22,27)/t16-,17+/m1/s1. The predicted octanol–water partition coefficient (Wildman–Crippen LogP) is 2.04. The number of nitrogens with zero attached hydrogens (tertiary/aromatic N) is 4. The monoisotopic (exact) mass is 411 g/mol. The van der Waals surface area contributed by atoms with Crippen LogP contribution in [0.4, 0.5) is 0 Å². The van der Waals surface area contributed by atoms with E-state index in [9.17, 15) is 4.79 Å². The lowest BCUT2D eigenvalue weighted by atomic mass is 10.1. The smallest absolute Gasteiger partial charge is 0.271 e. The highest BCUT2D eigenvalue weighted by molar-refractivity contribution is 5.92. The Kier molecular flexibility index (Phi) is 4.80. The molecule has 0 aliphatic carbocycles. The van der Waals surface area contributed by atoms with Crippen LogP contribution < -0.4 is 5.32 Å². The zero-order chi connectivity index (χ0) is 20.7. The summed E-state index contributed by atoms with van der Waals surface area (Å²) in [6.45, 7) is 6.05. The molecule has 9 heteroatoms.